The van der Waals surface area contributed by atoms with E-state index in [0.717, 1.165) is 23.0 Å². The lowest BCUT2D eigenvalue weighted by Crippen LogP contribution is -2.42. The summed E-state index contributed by atoms with van der Waals surface area (Å²) in [4.78, 5) is 28.6. The van der Waals surface area contributed by atoms with Crippen molar-refractivity contribution in [3.05, 3.63) is 63.2 Å². The van der Waals surface area contributed by atoms with Gasteiger partial charge in [0, 0.05) is 34.4 Å². The zero-order valence-electron chi connectivity index (χ0n) is 21.5. The van der Waals surface area contributed by atoms with E-state index in [2.05, 4.69) is 20.2 Å². The van der Waals surface area contributed by atoms with Crippen LogP contribution in [0.3, 0.4) is 0 Å². The van der Waals surface area contributed by atoms with Crippen molar-refractivity contribution in [2.45, 2.75) is 64.8 Å². The first-order valence-corrected chi connectivity index (χ1v) is 12.4. The monoisotopic (exact) mass is 518 g/mol. The van der Waals surface area contributed by atoms with Crippen molar-refractivity contribution in [1.29, 1.82) is 0 Å². The van der Waals surface area contributed by atoms with Gasteiger partial charge in [0.2, 0.25) is 0 Å². The maximum absolute atomic E-state index is 13.4. The molecule has 10 heteroatoms. The van der Waals surface area contributed by atoms with Crippen molar-refractivity contribution in [2.75, 3.05) is 13.7 Å². The quantitative estimate of drug-likeness (QED) is 0.421. The molecule has 2 aromatic heterocycles. The normalized spacial score (nSPS) is 19.1. The predicted molar refractivity (Wildman–Crippen MR) is 136 cm³/mol. The molecule has 0 saturated carbocycles. The molecule has 1 aromatic carbocycles. The van der Waals surface area contributed by atoms with Crippen LogP contribution in [0.4, 0.5) is 13.2 Å². The fourth-order valence-electron chi connectivity index (χ4n) is 5.62. The van der Waals surface area contributed by atoms with Gasteiger partial charge in [-0.1, -0.05) is 18.2 Å². The average Bonchev–Trinajstić information content (AvgIpc) is 3.13. The number of ether oxygens (including phenoxy) is 1. The molecule has 3 unspecified atom stereocenters. The Morgan fingerprint density at radius 3 is 2.70 bits per heavy atom. The number of hydrogen-bond donors (Lipinski definition) is 3. The van der Waals surface area contributed by atoms with Gasteiger partial charge in [-0.2, -0.15) is 13.2 Å². The Hall–Kier alpha value is -3.27. The van der Waals surface area contributed by atoms with Gasteiger partial charge in [0.05, 0.1) is 31.2 Å². The first-order chi connectivity index (χ1) is 17.5. The van der Waals surface area contributed by atoms with Gasteiger partial charge >= 0.3 is 6.18 Å². The molecule has 1 fully saturated rings. The minimum atomic E-state index is -4.22. The highest BCUT2D eigenvalue weighted by molar-refractivity contribution is 6.08. The summed E-state index contributed by atoms with van der Waals surface area (Å²) in [5.41, 5.74) is 2.73. The molecule has 1 aliphatic heterocycles. The molecule has 0 aliphatic carbocycles. The van der Waals surface area contributed by atoms with Gasteiger partial charge in [-0.25, -0.2) is 0 Å². The van der Waals surface area contributed by atoms with Crippen molar-refractivity contribution in [3.8, 4) is 5.75 Å². The molecule has 37 heavy (non-hydrogen) atoms. The Labute approximate surface area is 213 Å². The number of carbonyl (C=O) groups excluding carboxylic acids is 1. The number of nitrogens with one attached hydrogen (secondary N) is 3. The first-order valence-electron chi connectivity index (χ1n) is 12.4. The van der Waals surface area contributed by atoms with Crippen LogP contribution in [0.25, 0.3) is 10.9 Å². The van der Waals surface area contributed by atoms with Gasteiger partial charge < -0.3 is 24.9 Å². The van der Waals surface area contributed by atoms with E-state index >= 15 is 0 Å². The topological polar surface area (TPSA) is 88.2 Å². The number of aromatic nitrogens is 2. The molecular weight excluding hydrogens is 485 g/mol. The minimum absolute atomic E-state index is 0.0143. The number of H-pyrrole nitrogens is 1. The SMILES string of the molecule is COc1cc(C)[nH]c(=O)c1CNC(=O)c1c(C)n(C(C)C2CCNC(CC(F)(F)F)C2)c2ccccc12. The second kappa shape index (κ2) is 10.6. The van der Waals surface area contributed by atoms with Crippen molar-refractivity contribution in [3.63, 3.8) is 0 Å². The lowest BCUT2D eigenvalue weighted by Gasteiger charge is -2.35. The third kappa shape index (κ3) is 5.69. The second-order valence-corrected chi connectivity index (χ2v) is 9.85. The molecule has 1 saturated heterocycles. The molecule has 200 valence electrons. The lowest BCUT2D eigenvalue weighted by atomic mass is 9.85. The molecule has 0 bridgehead atoms. The van der Waals surface area contributed by atoms with Crippen LogP contribution in [0, 0.1) is 19.8 Å². The summed E-state index contributed by atoms with van der Waals surface area (Å²) in [7, 11) is 1.47. The first kappa shape index (κ1) is 26.8. The number of hydrogen-bond acceptors (Lipinski definition) is 4. The van der Waals surface area contributed by atoms with Crippen LogP contribution < -0.4 is 20.9 Å². The number of nitrogens with zero attached hydrogens (tertiary/aromatic N) is 1. The summed E-state index contributed by atoms with van der Waals surface area (Å²) in [6, 6.07) is 8.51. The van der Waals surface area contributed by atoms with Gasteiger partial charge in [0.25, 0.3) is 11.5 Å². The van der Waals surface area contributed by atoms with Gasteiger partial charge in [-0.3, -0.25) is 9.59 Å². The second-order valence-electron chi connectivity index (χ2n) is 9.85. The van der Waals surface area contributed by atoms with Crippen molar-refractivity contribution >= 4 is 16.8 Å². The fraction of sp³-hybridized carbons (Fsp3) is 0.481. The molecule has 3 aromatic rings. The number of aryl methyl sites for hydroxylation is 1. The lowest BCUT2D eigenvalue weighted by molar-refractivity contribution is -0.142. The number of methoxy groups -OCH3 is 1. The van der Waals surface area contributed by atoms with E-state index in [1.807, 2.05) is 38.1 Å². The van der Waals surface area contributed by atoms with Crippen molar-refractivity contribution < 1.29 is 22.7 Å². The van der Waals surface area contributed by atoms with Crippen LogP contribution in [-0.4, -0.2) is 41.3 Å². The van der Waals surface area contributed by atoms with Crippen LogP contribution in [0.5, 0.6) is 5.75 Å². The van der Waals surface area contributed by atoms with E-state index in [-0.39, 0.29) is 30.0 Å². The number of rotatable bonds is 7. The Morgan fingerprint density at radius 2 is 2.00 bits per heavy atom. The predicted octanol–water partition coefficient (Wildman–Crippen LogP) is 4.77. The number of pyridine rings is 1. The summed E-state index contributed by atoms with van der Waals surface area (Å²) in [6.07, 6.45) is -3.91. The molecule has 4 rings (SSSR count). The van der Waals surface area contributed by atoms with E-state index in [0.29, 0.717) is 35.5 Å². The molecule has 0 radical (unpaired) electrons. The number of fused-ring (bicyclic) bond motifs is 1. The Morgan fingerprint density at radius 1 is 1.27 bits per heavy atom. The maximum atomic E-state index is 13.4. The van der Waals surface area contributed by atoms with Gasteiger partial charge in [-0.15, -0.1) is 0 Å². The highest BCUT2D eigenvalue weighted by Gasteiger charge is 2.36. The summed E-state index contributed by atoms with van der Waals surface area (Å²) < 4.78 is 46.5. The average molecular weight is 519 g/mol. The molecule has 3 N–H and O–H groups in total. The van der Waals surface area contributed by atoms with Crippen molar-refractivity contribution in [1.82, 2.24) is 20.2 Å². The largest absolute Gasteiger partial charge is 0.496 e. The standard InChI is InChI=1S/C27H33F3N4O3/c1-15-11-23(37-4)21(25(35)33-15)14-32-26(36)24-17(3)34(22-8-6-5-7-20(22)24)16(2)18-9-10-31-19(12-18)13-27(28,29)30/h5-8,11,16,18-19,31H,9-10,12-14H2,1-4H3,(H,32,36)(H,33,35). The molecule has 3 heterocycles. The molecule has 1 aliphatic rings. The zero-order valence-corrected chi connectivity index (χ0v) is 21.5. The van der Waals surface area contributed by atoms with Crippen molar-refractivity contribution in [2.24, 2.45) is 5.92 Å². The van der Waals surface area contributed by atoms with Gasteiger partial charge in [0.1, 0.15) is 5.75 Å². The van der Waals surface area contributed by atoms with E-state index in [9.17, 15) is 22.8 Å². The smallest absolute Gasteiger partial charge is 0.390 e. The van der Waals surface area contributed by atoms with Crippen LogP contribution in [-0.2, 0) is 6.54 Å². The van der Waals surface area contributed by atoms with Crippen LogP contribution >= 0.6 is 0 Å². The third-order valence-electron chi connectivity index (χ3n) is 7.36. The maximum Gasteiger partial charge on any atom is 0.390 e. The summed E-state index contributed by atoms with van der Waals surface area (Å²) in [6.45, 7) is 6.13. The summed E-state index contributed by atoms with van der Waals surface area (Å²) >= 11 is 0. The molecule has 7 nitrogen and oxygen atoms in total. The number of aromatic amines is 1. The van der Waals surface area contributed by atoms with Gasteiger partial charge in [0.15, 0.2) is 0 Å². The number of benzene rings is 1. The fourth-order valence-corrected chi connectivity index (χ4v) is 5.62. The van der Waals surface area contributed by atoms with E-state index in [4.69, 9.17) is 4.74 Å². The van der Waals surface area contributed by atoms with Crippen LogP contribution in [0.1, 0.15) is 59.5 Å². The Bertz CT molecular complexity index is 1350. The minimum Gasteiger partial charge on any atom is -0.496 e. The molecule has 3 atom stereocenters. The molecular formula is C27H33F3N4O3. The Kier molecular flexibility index (Phi) is 7.68. The van der Waals surface area contributed by atoms with Crippen LogP contribution in [0.15, 0.2) is 35.1 Å². The molecule has 0 spiro atoms. The number of halogens is 3. The van der Waals surface area contributed by atoms with E-state index in [1.54, 1.807) is 13.0 Å². The van der Waals surface area contributed by atoms with Gasteiger partial charge in [-0.05, 0) is 58.2 Å². The Balaban J connectivity index is 1.62. The number of amides is 1. The number of alkyl halides is 3. The van der Waals surface area contributed by atoms with E-state index < -0.39 is 18.6 Å². The van der Waals surface area contributed by atoms with Crippen LogP contribution in [0.2, 0.25) is 0 Å². The molecule has 1 amide bonds. The number of piperidine rings is 1. The van der Waals surface area contributed by atoms with E-state index in [1.165, 1.54) is 7.11 Å². The zero-order chi connectivity index (χ0) is 26.9. The summed E-state index contributed by atoms with van der Waals surface area (Å²) in [5.74, 6) is 0.0879. The summed E-state index contributed by atoms with van der Waals surface area (Å²) in [5, 5.41) is 6.62. The number of para-hydroxylation sites is 1. The number of carbonyl (C=O) groups is 1. The third-order valence-corrected chi connectivity index (χ3v) is 7.36. The highest BCUT2D eigenvalue weighted by atomic mass is 19.4. The highest BCUT2D eigenvalue weighted by Crippen LogP contribution is 2.37.